The summed E-state index contributed by atoms with van der Waals surface area (Å²) in [7, 11) is 0. The van der Waals surface area contributed by atoms with E-state index in [1.54, 1.807) is 22.5 Å². The lowest BCUT2D eigenvalue weighted by Crippen LogP contribution is -2.32. The highest BCUT2D eigenvalue weighted by atomic mass is 32.2. The van der Waals surface area contributed by atoms with Gasteiger partial charge in [-0.05, 0) is 56.0 Å². The fourth-order valence-corrected chi connectivity index (χ4v) is 5.93. The van der Waals surface area contributed by atoms with Crippen molar-refractivity contribution in [2.24, 2.45) is 0 Å². The molecule has 0 radical (unpaired) electrons. The summed E-state index contributed by atoms with van der Waals surface area (Å²) in [5.74, 6) is 1.91. The second kappa shape index (κ2) is 9.40. The van der Waals surface area contributed by atoms with Crippen molar-refractivity contribution in [3.05, 3.63) is 55.7 Å². The highest BCUT2D eigenvalue weighted by Gasteiger charge is 2.34. The number of anilines is 1. The molecule has 0 atom stereocenters. The summed E-state index contributed by atoms with van der Waals surface area (Å²) >= 11 is 6.79. The van der Waals surface area contributed by atoms with Crippen molar-refractivity contribution < 1.29 is 14.3 Å². The highest BCUT2D eigenvalue weighted by molar-refractivity contribution is 8.26. The summed E-state index contributed by atoms with van der Waals surface area (Å²) in [4.78, 5) is 30.7. The zero-order chi connectivity index (χ0) is 24.7. The number of carbonyl (C=O) groups excluding carboxylic acids is 1. The highest BCUT2D eigenvalue weighted by Crippen LogP contribution is 2.38. The lowest BCUT2D eigenvalue weighted by Gasteiger charge is -2.26. The van der Waals surface area contributed by atoms with Gasteiger partial charge >= 0.3 is 0 Å². The second-order valence-corrected chi connectivity index (χ2v) is 10.2. The molecule has 0 aliphatic carbocycles. The Balaban J connectivity index is 1.54. The molecule has 3 aliphatic heterocycles. The average molecular weight is 509 g/mol. The van der Waals surface area contributed by atoms with Gasteiger partial charge in [-0.25, -0.2) is 0 Å². The molecule has 0 bridgehead atoms. The molecule has 1 aromatic heterocycles. The second-order valence-electron chi connectivity index (χ2n) is 8.55. The van der Waals surface area contributed by atoms with Crippen molar-refractivity contribution in [1.29, 1.82) is 5.26 Å². The van der Waals surface area contributed by atoms with Crippen molar-refractivity contribution in [3.63, 3.8) is 0 Å². The van der Waals surface area contributed by atoms with E-state index in [0.29, 0.717) is 39.4 Å². The summed E-state index contributed by atoms with van der Waals surface area (Å²) in [6, 6.07) is 7.65. The molecule has 0 unspecified atom stereocenters. The number of hydrogen-bond donors (Lipinski definition) is 0. The van der Waals surface area contributed by atoms with Gasteiger partial charge in [-0.2, -0.15) is 5.26 Å². The first-order valence-corrected chi connectivity index (χ1v) is 12.7. The van der Waals surface area contributed by atoms with Crippen LogP contribution in [-0.2, 0) is 17.9 Å². The number of rotatable bonds is 5. The van der Waals surface area contributed by atoms with E-state index >= 15 is 0 Å². The van der Waals surface area contributed by atoms with E-state index < -0.39 is 0 Å². The third-order valence-corrected chi connectivity index (χ3v) is 7.87. The zero-order valence-electron chi connectivity index (χ0n) is 19.5. The quantitative estimate of drug-likeness (QED) is 0.446. The molecule has 2 aromatic rings. The van der Waals surface area contributed by atoms with Crippen molar-refractivity contribution in [2.45, 2.75) is 39.8 Å². The maximum Gasteiger partial charge on any atom is 0.270 e. The van der Waals surface area contributed by atoms with Crippen LogP contribution in [0.5, 0.6) is 11.5 Å². The van der Waals surface area contributed by atoms with E-state index in [1.807, 2.05) is 25.1 Å². The molecular formula is C25H24N4O4S2. The number of thiocarbonyl (C=S) groups is 1. The van der Waals surface area contributed by atoms with Crippen LogP contribution < -0.4 is 19.9 Å². The number of nitriles is 1. The standard InChI is InChI=1S/C25H24N4O4S2/c1-3-28-22(27-8-4-5-9-27)17(15(2)18(12-26)23(28)30)11-21-24(31)29(25(34)35-21)13-16-6-7-19-20(10-16)33-14-32-19/h6-7,10-11H,3-5,8-9,13-14H2,1-2H3/b21-11+. The Morgan fingerprint density at radius 3 is 2.66 bits per heavy atom. The Kier molecular flexibility index (Phi) is 6.30. The first-order chi connectivity index (χ1) is 16.9. The van der Waals surface area contributed by atoms with Gasteiger partial charge < -0.3 is 14.4 Å². The normalized spacial score (nSPS) is 18.1. The van der Waals surface area contributed by atoms with Crippen LogP contribution in [0.25, 0.3) is 6.08 Å². The van der Waals surface area contributed by atoms with Crippen molar-refractivity contribution in [3.8, 4) is 17.6 Å². The van der Waals surface area contributed by atoms with Gasteiger partial charge in [-0.15, -0.1) is 0 Å². The molecule has 4 heterocycles. The van der Waals surface area contributed by atoms with Gasteiger partial charge in [-0.3, -0.25) is 19.1 Å². The lowest BCUT2D eigenvalue weighted by atomic mass is 10.0. The molecule has 2 saturated heterocycles. The number of nitrogens with zero attached hydrogens (tertiary/aromatic N) is 4. The van der Waals surface area contributed by atoms with Gasteiger partial charge in [0.2, 0.25) is 6.79 Å². The van der Waals surface area contributed by atoms with Crippen LogP contribution in [0.1, 0.15) is 42.0 Å². The number of ether oxygens (including phenoxy) is 2. The van der Waals surface area contributed by atoms with Gasteiger partial charge in [0.25, 0.3) is 11.5 Å². The lowest BCUT2D eigenvalue weighted by molar-refractivity contribution is -0.122. The molecule has 0 saturated carbocycles. The zero-order valence-corrected chi connectivity index (χ0v) is 21.1. The molecule has 10 heteroatoms. The maximum atomic E-state index is 13.4. The van der Waals surface area contributed by atoms with Crippen LogP contribution in [0, 0.1) is 18.3 Å². The minimum Gasteiger partial charge on any atom is -0.454 e. The van der Waals surface area contributed by atoms with Gasteiger partial charge in [0, 0.05) is 25.2 Å². The van der Waals surface area contributed by atoms with Crippen molar-refractivity contribution in [1.82, 2.24) is 9.47 Å². The average Bonchev–Trinajstić information content (AvgIpc) is 3.59. The first-order valence-electron chi connectivity index (χ1n) is 11.5. The van der Waals surface area contributed by atoms with Gasteiger partial charge in [0.05, 0.1) is 11.4 Å². The van der Waals surface area contributed by atoms with Crippen LogP contribution in [0.4, 0.5) is 5.82 Å². The molecule has 180 valence electrons. The Labute approximate surface area is 212 Å². The Bertz CT molecular complexity index is 1370. The first kappa shape index (κ1) is 23.5. The van der Waals surface area contributed by atoms with Crippen molar-refractivity contribution >= 4 is 46.1 Å². The third kappa shape index (κ3) is 4.09. The van der Waals surface area contributed by atoms with E-state index in [0.717, 1.165) is 42.9 Å². The predicted molar refractivity (Wildman–Crippen MR) is 139 cm³/mol. The van der Waals surface area contributed by atoms with Gasteiger partial charge in [0.1, 0.15) is 21.8 Å². The Morgan fingerprint density at radius 1 is 1.20 bits per heavy atom. The molecular weight excluding hydrogens is 484 g/mol. The summed E-state index contributed by atoms with van der Waals surface area (Å²) in [6.45, 7) is 6.27. The maximum absolute atomic E-state index is 13.4. The van der Waals surface area contributed by atoms with Crippen LogP contribution in [-0.4, -0.2) is 39.6 Å². The van der Waals surface area contributed by atoms with Crippen LogP contribution >= 0.6 is 24.0 Å². The largest absolute Gasteiger partial charge is 0.454 e. The van der Waals surface area contributed by atoms with Crippen LogP contribution in [0.3, 0.4) is 0 Å². The van der Waals surface area contributed by atoms with E-state index in [2.05, 4.69) is 11.0 Å². The molecule has 3 aliphatic rings. The number of aromatic nitrogens is 1. The summed E-state index contributed by atoms with van der Waals surface area (Å²) in [5, 5.41) is 9.71. The number of thioether (sulfide) groups is 1. The van der Waals surface area contributed by atoms with Gasteiger partial charge in [0.15, 0.2) is 11.5 Å². The molecule has 5 rings (SSSR count). The SMILES string of the molecule is CCn1c(N2CCCC2)c(/C=C2/SC(=S)N(Cc3ccc4c(c3)OCO4)C2=O)c(C)c(C#N)c1=O. The number of carbonyl (C=O) groups is 1. The minimum absolute atomic E-state index is 0.108. The molecule has 1 amide bonds. The summed E-state index contributed by atoms with van der Waals surface area (Å²) < 4.78 is 12.9. The molecule has 8 nitrogen and oxygen atoms in total. The van der Waals surface area contributed by atoms with E-state index in [4.69, 9.17) is 21.7 Å². The van der Waals surface area contributed by atoms with Crippen molar-refractivity contribution in [2.75, 3.05) is 24.8 Å². The Morgan fingerprint density at radius 2 is 1.94 bits per heavy atom. The summed E-state index contributed by atoms with van der Waals surface area (Å²) in [6.07, 6.45) is 3.87. The number of pyridine rings is 1. The van der Waals surface area contributed by atoms with Gasteiger partial charge in [-0.1, -0.05) is 30.0 Å². The van der Waals surface area contributed by atoms with Crippen LogP contribution in [0.2, 0.25) is 0 Å². The molecule has 35 heavy (non-hydrogen) atoms. The Hall–Kier alpha value is -3.29. The van der Waals surface area contributed by atoms with E-state index in [1.165, 1.54) is 11.8 Å². The number of amides is 1. The smallest absolute Gasteiger partial charge is 0.270 e. The predicted octanol–water partition coefficient (Wildman–Crippen LogP) is 3.78. The van der Waals surface area contributed by atoms with E-state index in [9.17, 15) is 14.9 Å². The fraction of sp³-hybridized carbons (Fsp3) is 0.360. The molecule has 0 spiro atoms. The van der Waals surface area contributed by atoms with Crippen LogP contribution in [0.15, 0.2) is 27.9 Å². The monoisotopic (exact) mass is 508 g/mol. The minimum atomic E-state index is -0.290. The number of hydrogen-bond acceptors (Lipinski definition) is 8. The summed E-state index contributed by atoms with van der Waals surface area (Å²) in [5.41, 5.74) is 2.02. The molecule has 2 fully saturated rings. The molecule has 0 N–H and O–H groups in total. The third-order valence-electron chi connectivity index (χ3n) is 6.49. The topological polar surface area (TPSA) is 87.8 Å². The fourth-order valence-electron chi connectivity index (χ4n) is 4.70. The van der Waals surface area contributed by atoms with E-state index in [-0.39, 0.29) is 23.8 Å². The number of fused-ring (bicyclic) bond motifs is 1. The molecule has 1 aromatic carbocycles. The number of benzene rings is 1.